The van der Waals surface area contributed by atoms with E-state index in [2.05, 4.69) is 16.4 Å². The molecule has 0 aromatic carbocycles. The minimum atomic E-state index is -1.82. The molecule has 86 valence electrons. The lowest BCUT2D eigenvalue weighted by molar-refractivity contribution is -0.159. The number of fused-ring (bicyclic) bond motifs is 1. The van der Waals surface area contributed by atoms with Gasteiger partial charge in [-0.1, -0.05) is 0 Å². The molecule has 1 aromatic heterocycles. The molecule has 0 spiro atoms. The van der Waals surface area contributed by atoms with Crippen LogP contribution in [-0.2, 0) is 22.6 Å². The van der Waals surface area contributed by atoms with Crippen molar-refractivity contribution in [2.45, 2.75) is 13.0 Å². The van der Waals surface area contributed by atoms with Crippen molar-refractivity contribution >= 4 is 11.9 Å². The van der Waals surface area contributed by atoms with Crippen LogP contribution in [0, 0.1) is 0 Å². The molecule has 16 heavy (non-hydrogen) atoms. The Balaban J connectivity index is 0.000000187. The molecule has 0 radical (unpaired) electrons. The standard InChI is InChI=1S/C8H10N2.C2H2O4/c1-3-9-5-8-6-10-4-2-7(1)8;3-1(4)2(5)6/h1,3,5,10H,2,4,6H2;(H,3,4)(H,5,6). The fourth-order valence-electron chi connectivity index (χ4n) is 1.31. The zero-order valence-corrected chi connectivity index (χ0v) is 8.51. The lowest BCUT2D eigenvalue weighted by Crippen LogP contribution is -2.23. The molecule has 6 heteroatoms. The summed E-state index contributed by atoms with van der Waals surface area (Å²) in [7, 11) is 0. The average molecular weight is 224 g/mol. The number of nitrogens with zero attached hydrogens (tertiary/aromatic N) is 1. The molecule has 1 aromatic rings. The number of carbonyl (C=O) groups is 2. The van der Waals surface area contributed by atoms with Gasteiger partial charge in [0.05, 0.1) is 0 Å². The molecule has 1 aliphatic heterocycles. The predicted octanol–water partition coefficient (Wildman–Crippen LogP) is -0.117. The van der Waals surface area contributed by atoms with Gasteiger partial charge >= 0.3 is 11.9 Å². The van der Waals surface area contributed by atoms with E-state index in [1.807, 2.05) is 12.4 Å². The monoisotopic (exact) mass is 224 g/mol. The number of aromatic nitrogens is 1. The van der Waals surface area contributed by atoms with Gasteiger partial charge in [-0.2, -0.15) is 0 Å². The van der Waals surface area contributed by atoms with Gasteiger partial charge in [0.25, 0.3) is 0 Å². The number of hydrogen-bond acceptors (Lipinski definition) is 4. The summed E-state index contributed by atoms with van der Waals surface area (Å²) in [4.78, 5) is 22.3. The van der Waals surface area contributed by atoms with Gasteiger partial charge in [-0.15, -0.1) is 0 Å². The highest BCUT2D eigenvalue weighted by atomic mass is 16.4. The lowest BCUT2D eigenvalue weighted by Gasteiger charge is -2.15. The number of rotatable bonds is 0. The zero-order chi connectivity index (χ0) is 12.0. The van der Waals surface area contributed by atoms with Crippen molar-refractivity contribution in [2.75, 3.05) is 6.54 Å². The van der Waals surface area contributed by atoms with E-state index in [0.29, 0.717) is 0 Å². The maximum Gasteiger partial charge on any atom is 0.414 e. The van der Waals surface area contributed by atoms with E-state index in [-0.39, 0.29) is 0 Å². The first-order valence-electron chi connectivity index (χ1n) is 4.70. The summed E-state index contributed by atoms with van der Waals surface area (Å²) in [5, 5.41) is 18.1. The van der Waals surface area contributed by atoms with E-state index in [9.17, 15) is 0 Å². The van der Waals surface area contributed by atoms with Crippen LogP contribution in [0.2, 0.25) is 0 Å². The highest BCUT2D eigenvalue weighted by Gasteiger charge is 2.06. The fraction of sp³-hybridized carbons (Fsp3) is 0.300. The maximum absolute atomic E-state index is 9.10. The Hall–Kier alpha value is -1.95. The third-order valence-electron chi connectivity index (χ3n) is 2.07. The van der Waals surface area contributed by atoms with Gasteiger partial charge in [0.2, 0.25) is 0 Å². The topological polar surface area (TPSA) is 99.5 Å². The van der Waals surface area contributed by atoms with Crippen molar-refractivity contribution in [3.05, 3.63) is 29.6 Å². The van der Waals surface area contributed by atoms with Gasteiger partial charge in [0.15, 0.2) is 0 Å². The number of aliphatic carboxylic acids is 2. The molecule has 0 saturated carbocycles. The average Bonchev–Trinajstić information content (AvgIpc) is 2.30. The molecular weight excluding hydrogens is 212 g/mol. The predicted molar refractivity (Wildman–Crippen MR) is 54.9 cm³/mol. The summed E-state index contributed by atoms with van der Waals surface area (Å²) in [5.74, 6) is -3.65. The zero-order valence-electron chi connectivity index (χ0n) is 8.51. The van der Waals surface area contributed by atoms with Gasteiger partial charge in [-0.3, -0.25) is 4.98 Å². The molecule has 0 atom stereocenters. The molecule has 0 amide bonds. The van der Waals surface area contributed by atoms with E-state index in [0.717, 1.165) is 19.5 Å². The quantitative estimate of drug-likeness (QED) is 0.531. The summed E-state index contributed by atoms with van der Waals surface area (Å²) in [6, 6.07) is 2.11. The van der Waals surface area contributed by atoms with Crippen molar-refractivity contribution in [3.8, 4) is 0 Å². The number of carboxylic acids is 2. The first kappa shape index (κ1) is 12.1. The summed E-state index contributed by atoms with van der Waals surface area (Å²) in [5.41, 5.74) is 2.81. The molecule has 0 unspecified atom stereocenters. The van der Waals surface area contributed by atoms with Crippen molar-refractivity contribution in [3.63, 3.8) is 0 Å². The lowest BCUT2D eigenvalue weighted by atomic mass is 10.0. The van der Waals surface area contributed by atoms with Crippen molar-refractivity contribution in [2.24, 2.45) is 0 Å². The van der Waals surface area contributed by atoms with Crippen molar-refractivity contribution in [1.82, 2.24) is 10.3 Å². The molecule has 0 fully saturated rings. The SMILES string of the molecule is O=C(O)C(=O)O.c1cc2c(cn1)CNCC2. The largest absolute Gasteiger partial charge is 0.473 e. The summed E-state index contributed by atoms with van der Waals surface area (Å²) >= 11 is 0. The second kappa shape index (κ2) is 5.82. The summed E-state index contributed by atoms with van der Waals surface area (Å²) in [6.45, 7) is 2.10. The molecule has 1 aliphatic rings. The second-order valence-corrected chi connectivity index (χ2v) is 3.18. The number of carboxylic acid groups (broad SMARTS) is 2. The molecule has 0 bridgehead atoms. The van der Waals surface area contributed by atoms with Crippen LogP contribution in [0.15, 0.2) is 18.5 Å². The van der Waals surface area contributed by atoms with E-state index < -0.39 is 11.9 Å². The van der Waals surface area contributed by atoms with E-state index in [1.54, 1.807) is 0 Å². The first-order chi connectivity index (χ1) is 7.61. The first-order valence-corrected chi connectivity index (χ1v) is 4.70. The van der Waals surface area contributed by atoms with Crippen LogP contribution < -0.4 is 5.32 Å². The normalized spacial score (nSPS) is 13.0. The van der Waals surface area contributed by atoms with Gasteiger partial charge in [-0.25, -0.2) is 9.59 Å². The summed E-state index contributed by atoms with van der Waals surface area (Å²) < 4.78 is 0. The Bertz CT molecular complexity index is 355. The molecule has 0 aliphatic carbocycles. The molecule has 2 rings (SSSR count). The van der Waals surface area contributed by atoms with Crippen LogP contribution in [0.1, 0.15) is 11.1 Å². The van der Waals surface area contributed by atoms with Gasteiger partial charge < -0.3 is 15.5 Å². The van der Waals surface area contributed by atoms with Crippen LogP contribution in [0.4, 0.5) is 0 Å². The second-order valence-electron chi connectivity index (χ2n) is 3.18. The maximum atomic E-state index is 9.10. The molecular formula is C10H12N2O4. The fourth-order valence-corrected chi connectivity index (χ4v) is 1.31. The molecule has 6 nitrogen and oxygen atoms in total. The molecule has 2 heterocycles. The Kier molecular flexibility index (Phi) is 4.41. The van der Waals surface area contributed by atoms with Gasteiger partial charge in [0, 0.05) is 18.9 Å². The number of nitrogens with one attached hydrogen (secondary N) is 1. The minimum absolute atomic E-state index is 0.989. The smallest absolute Gasteiger partial charge is 0.414 e. The van der Waals surface area contributed by atoms with Crippen molar-refractivity contribution in [1.29, 1.82) is 0 Å². The van der Waals surface area contributed by atoms with Crippen LogP contribution in [0.25, 0.3) is 0 Å². The van der Waals surface area contributed by atoms with Gasteiger partial charge in [0.1, 0.15) is 0 Å². The Morgan fingerprint density at radius 1 is 1.25 bits per heavy atom. The third kappa shape index (κ3) is 3.66. The van der Waals surface area contributed by atoms with Crippen molar-refractivity contribution < 1.29 is 19.8 Å². The van der Waals surface area contributed by atoms with Crippen LogP contribution in [-0.4, -0.2) is 33.7 Å². The summed E-state index contributed by atoms with van der Waals surface area (Å²) in [6.07, 6.45) is 4.96. The van der Waals surface area contributed by atoms with E-state index >= 15 is 0 Å². The van der Waals surface area contributed by atoms with Crippen LogP contribution >= 0.6 is 0 Å². The highest BCUT2D eigenvalue weighted by Crippen LogP contribution is 2.10. The molecule has 0 saturated heterocycles. The van der Waals surface area contributed by atoms with Crippen LogP contribution in [0.5, 0.6) is 0 Å². The Labute approximate surface area is 91.9 Å². The van der Waals surface area contributed by atoms with Gasteiger partial charge in [-0.05, 0) is 30.2 Å². The van der Waals surface area contributed by atoms with E-state index in [1.165, 1.54) is 11.1 Å². The van der Waals surface area contributed by atoms with E-state index in [4.69, 9.17) is 19.8 Å². The number of hydrogen-bond donors (Lipinski definition) is 3. The minimum Gasteiger partial charge on any atom is -0.473 e. The molecule has 3 N–H and O–H groups in total. The Morgan fingerprint density at radius 3 is 2.50 bits per heavy atom. The number of pyridine rings is 1. The Morgan fingerprint density at radius 2 is 1.94 bits per heavy atom. The van der Waals surface area contributed by atoms with Crippen LogP contribution in [0.3, 0.4) is 0 Å². The third-order valence-corrected chi connectivity index (χ3v) is 2.07. The highest BCUT2D eigenvalue weighted by molar-refractivity contribution is 6.27.